The fourth-order valence-corrected chi connectivity index (χ4v) is 5.32. The van der Waals surface area contributed by atoms with E-state index in [1.165, 1.54) is 11.3 Å². The van der Waals surface area contributed by atoms with Crippen molar-refractivity contribution in [2.45, 2.75) is 30.1 Å². The van der Waals surface area contributed by atoms with Crippen LogP contribution in [0.1, 0.15) is 18.2 Å². The van der Waals surface area contributed by atoms with Crippen LogP contribution in [0.5, 0.6) is 0 Å². The van der Waals surface area contributed by atoms with Crippen LogP contribution in [-0.4, -0.2) is 46.5 Å². The molecule has 2 N–H and O–H groups in total. The lowest BCUT2D eigenvalue weighted by Gasteiger charge is -2.34. The van der Waals surface area contributed by atoms with Gasteiger partial charge in [0.2, 0.25) is 10.0 Å². The van der Waals surface area contributed by atoms with Crippen LogP contribution in [0.25, 0.3) is 0 Å². The molecule has 0 spiro atoms. The molecule has 0 bridgehead atoms. The first kappa shape index (κ1) is 15.9. The van der Waals surface area contributed by atoms with Gasteiger partial charge < -0.3 is 10.2 Å². The van der Waals surface area contributed by atoms with Crippen molar-refractivity contribution in [3.63, 3.8) is 0 Å². The molecule has 1 aromatic rings. The summed E-state index contributed by atoms with van der Waals surface area (Å²) in [5, 5.41) is 3.03. The Morgan fingerprint density at radius 3 is 2.85 bits per heavy atom. The van der Waals surface area contributed by atoms with Crippen molar-refractivity contribution in [3.8, 4) is 0 Å². The van der Waals surface area contributed by atoms with Gasteiger partial charge in [0.1, 0.15) is 4.21 Å². The first-order valence-electron chi connectivity index (χ1n) is 6.86. The molecule has 2 unspecified atom stereocenters. The Kier molecular flexibility index (Phi) is 5.19. The lowest BCUT2D eigenvalue weighted by atomic mass is 9.95. The van der Waals surface area contributed by atoms with E-state index in [4.69, 9.17) is 0 Å². The lowest BCUT2D eigenvalue weighted by Crippen LogP contribution is -2.48. The number of hydrogen-bond donors (Lipinski definition) is 2. The quantitative estimate of drug-likeness (QED) is 0.853. The zero-order valence-electron chi connectivity index (χ0n) is 12.2. The van der Waals surface area contributed by atoms with Gasteiger partial charge in [-0.25, -0.2) is 13.1 Å². The van der Waals surface area contributed by atoms with Crippen molar-refractivity contribution in [2.75, 3.05) is 27.2 Å². The summed E-state index contributed by atoms with van der Waals surface area (Å²) in [6, 6.07) is 3.60. The van der Waals surface area contributed by atoms with E-state index in [0.29, 0.717) is 16.7 Å². The Bertz CT molecular complexity index is 542. The Morgan fingerprint density at radius 2 is 2.20 bits per heavy atom. The van der Waals surface area contributed by atoms with Crippen molar-refractivity contribution >= 4 is 21.4 Å². The fraction of sp³-hybridized carbons (Fsp3) is 0.692. The van der Waals surface area contributed by atoms with E-state index in [9.17, 15) is 8.42 Å². The van der Waals surface area contributed by atoms with E-state index in [2.05, 4.69) is 28.9 Å². The minimum Gasteiger partial charge on any atom is -0.315 e. The van der Waals surface area contributed by atoms with Crippen molar-refractivity contribution in [1.29, 1.82) is 0 Å². The minimum absolute atomic E-state index is 0.0334. The maximum Gasteiger partial charge on any atom is 0.250 e. The standard InChI is InChI=1S/C13H23N3O2S2/c1-10-9-16(3)7-6-12(10)15-20(17,18)13-5-4-11(19-13)8-14-2/h4-5,10,12,14-15H,6-9H2,1-3H3. The van der Waals surface area contributed by atoms with E-state index in [-0.39, 0.29) is 6.04 Å². The molecule has 0 radical (unpaired) electrons. The average Bonchev–Trinajstić information content (AvgIpc) is 2.83. The molecule has 1 saturated heterocycles. The molecule has 20 heavy (non-hydrogen) atoms. The number of thiophene rings is 1. The summed E-state index contributed by atoms with van der Waals surface area (Å²) >= 11 is 1.33. The normalized spacial score (nSPS) is 24.9. The third-order valence-electron chi connectivity index (χ3n) is 3.67. The van der Waals surface area contributed by atoms with Crippen LogP contribution in [0.3, 0.4) is 0 Å². The number of rotatable bonds is 5. The third kappa shape index (κ3) is 3.79. The van der Waals surface area contributed by atoms with Gasteiger partial charge in [-0.3, -0.25) is 0 Å². The van der Waals surface area contributed by atoms with E-state index >= 15 is 0 Å². The Labute approximate surface area is 125 Å². The van der Waals surface area contributed by atoms with Crippen LogP contribution in [-0.2, 0) is 16.6 Å². The molecule has 1 aromatic heterocycles. The molecular weight excluding hydrogens is 294 g/mol. The molecule has 5 nitrogen and oxygen atoms in total. The van der Waals surface area contributed by atoms with Gasteiger partial charge in [0.25, 0.3) is 0 Å². The number of nitrogens with one attached hydrogen (secondary N) is 2. The van der Waals surface area contributed by atoms with Gasteiger partial charge in [-0.1, -0.05) is 6.92 Å². The van der Waals surface area contributed by atoms with Crippen molar-refractivity contribution < 1.29 is 8.42 Å². The molecule has 1 aliphatic heterocycles. The van der Waals surface area contributed by atoms with Gasteiger partial charge in [-0.05, 0) is 45.1 Å². The Balaban J connectivity index is 2.06. The minimum atomic E-state index is -3.39. The number of piperidine rings is 1. The SMILES string of the molecule is CNCc1ccc(S(=O)(=O)NC2CCN(C)CC2C)s1. The topological polar surface area (TPSA) is 61.4 Å². The molecule has 114 valence electrons. The number of likely N-dealkylation sites (tertiary alicyclic amines) is 1. The molecule has 0 amide bonds. The molecule has 2 atom stereocenters. The zero-order valence-corrected chi connectivity index (χ0v) is 13.9. The highest BCUT2D eigenvalue weighted by molar-refractivity contribution is 7.91. The first-order valence-corrected chi connectivity index (χ1v) is 9.16. The highest BCUT2D eigenvalue weighted by Gasteiger charge is 2.29. The van der Waals surface area contributed by atoms with Crippen LogP contribution in [0.4, 0.5) is 0 Å². The van der Waals surface area contributed by atoms with E-state index in [1.54, 1.807) is 6.07 Å². The maximum absolute atomic E-state index is 12.4. The molecule has 2 rings (SSSR count). The predicted molar refractivity (Wildman–Crippen MR) is 82.5 cm³/mol. The van der Waals surface area contributed by atoms with Gasteiger partial charge in [-0.2, -0.15) is 0 Å². The molecule has 1 aliphatic rings. The fourth-order valence-electron chi connectivity index (χ4n) is 2.56. The van der Waals surface area contributed by atoms with Gasteiger partial charge in [0, 0.05) is 24.0 Å². The van der Waals surface area contributed by atoms with Crippen LogP contribution in [0.15, 0.2) is 16.3 Å². The third-order valence-corrected chi connectivity index (χ3v) is 6.73. The molecular formula is C13H23N3O2S2. The molecule has 1 fully saturated rings. The average molecular weight is 317 g/mol. The van der Waals surface area contributed by atoms with Gasteiger partial charge in [0.05, 0.1) is 0 Å². The predicted octanol–water partition coefficient (Wildman–Crippen LogP) is 1.09. The Hall–Kier alpha value is -0.470. The number of sulfonamides is 1. The second-order valence-corrected chi connectivity index (χ2v) is 8.62. The van der Waals surface area contributed by atoms with Crippen LogP contribution < -0.4 is 10.0 Å². The van der Waals surface area contributed by atoms with Gasteiger partial charge in [0.15, 0.2) is 0 Å². The lowest BCUT2D eigenvalue weighted by molar-refractivity contribution is 0.188. The molecule has 7 heteroatoms. The highest BCUT2D eigenvalue weighted by Crippen LogP contribution is 2.24. The monoisotopic (exact) mass is 317 g/mol. The first-order chi connectivity index (χ1) is 9.42. The molecule has 0 aliphatic carbocycles. The number of nitrogens with zero attached hydrogens (tertiary/aromatic N) is 1. The zero-order chi connectivity index (χ0) is 14.8. The largest absolute Gasteiger partial charge is 0.315 e. The summed E-state index contributed by atoms with van der Waals surface area (Å²) in [7, 11) is 0.542. The summed E-state index contributed by atoms with van der Waals surface area (Å²) in [5.41, 5.74) is 0. The highest BCUT2D eigenvalue weighted by atomic mass is 32.2. The summed E-state index contributed by atoms with van der Waals surface area (Å²) in [6.07, 6.45) is 0.867. The van der Waals surface area contributed by atoms with Crippen molar-refractivity contribution in [3.05, 3.63) is 17.0 Å². The smallest absolute Gasteiger partial charge is 0.250 e. The summed E-state index contributed by atoms with van der Waals surface area (Å²) in [5.74, 6) is 0.334. The van der Waals surface area contributed by atoms with Crippen LogP contribution in [0.2, 0.25) is 0 Å². The van der Waals surface area contributed by atoms with Crippen molar-refractivity contribution in [1.82, 2.24) is 14.9 Å². The number of hydrogen-bond acceptors (Lipinski definition) is 5. The van der Waals surface area contributed by atoms with E-state index < -0.39 is 10.0 Å². The summed E-state index contributed by atoms with van der Waals surface area (Å²) < 4.78 is 28.1. The summed E-state index contributed by atoms with van der Waals surface area (Å²) in [4.78, 5) is 3.27. The van der Waals surface area contributed by atoms with Crippen LogP contribution in [0, 0.1) is 5.92 Å². The molecule has 2 heterocycles. The van der Waals surface area contributed by atoms with E-state index in [1.807, 2.05) is 13.1 Å². The second kappa shape index (κ2) is 6.53. The van der Waals surface area contributed by atoms with Gasteiger partial charge in [-0.15, -0.1) is 11.3 Å². The van der Waals surface area contributed by atoms with Crippen molar-refractivity contribution in [2.24, 2.45) is 5.92 Å². The molecule has 0 saturated carbocycles. The Morgan fingerprint density at radius 1 is 1.45 bits per heavy atom. The second-order valence-electron chi connectivity index (χ2n) is 5.51. The van der Waals surface area contributed by atoms with E-state index in [0.717, 1.165) is 24.4 Å². The van der Waals surface area contributed by atoms with Gasteiger partial charge >= 0.3 is 0 Å². The molecule has 0 aromatic carbocycles. The maximum atomic E-state index is 12.4. The van der Waals surface area contributed by atoms with Crippen LogP contribution >= 0.6 is 11.3 Å². The summed E-state index contributed by atoms with van der Waals surface area (Å²) in [6.45, 7) is 4.67.